The van der Waals surface area contributed by atoms with Gasteiger partial charge in [-0.25, -0.2) is 4.98 Å². The van der Waals surface area contributed by atoms with Gasteiger partial charge in [0.25, 0.3) is 5.91 Å². The van der Waals surface area contributed by atoms with E-state index >= 15 is 0 Å². The van der Waals surface area contributed by atoms with E-state index in [-0.39, 0.29) is 11.9 Å². The number of imidazole rings is 1. The normalized spacial score (nSPS) is 11.8. The van der Waals surface area contributed by atoms with Gasteiger partial charge in [-0.3, -0.25) is 4.79 Å². The molecule has 1 atom stereocenters. The number of fused-ring (bicyclic) bond motifs is 1. The SMILES string of the molecule is CC#CC(=O)N(C)C(C)c1nc2ccc(Cl)cc2[nH]1. The number of nitrogens with one attached hydrogen (secondary N) is 1. The third kappa shape index (κ3) is 2.72. The van der Waals surface area contributed by atoms with Gasteiger partial charge in [-0.15, -0.1) is 0 Å². The molecule has 98 valence electrons. The second-order valence-corrected chi connectivity index (χ2v) is 4.69. The third-order valence-electron chi connectivity index (χ3n) is 2.99. The van der Waals surface area contributed by atoms with Crippen LogP contribution in [0, 0.1) is 11.8 Å². The number of halogens is 1. The molecule has 1 heterocycles. The van der Waals surface area contributed by atoms with Crippen molar-refractivity contribution in [3.8, 4) is 11.8 Å². The topological polar surface area (TPSA) is 49.0 Å². The molecule has 1 aromatic carbocycles. The zero-order chi connectivity index (χ0) is 14.0. The molecule has 0 fully saturated rings. The minimum absolute atomic E-state index is 0.181. The van der Waals surface area contributed by atoms with Crippen LogP contribution in [-0.4, -0.2) is 27.8 Å². The molecule has 5 heteroatoms. The maximum absolute atomic E-state index is 11.7. The fourth-order valence-corrected chi connectivity index (χ4v) is 1.93. The van der Waals surface area contributed by atoms with E-state index in [4.69, 9.17) is 11.6 Å². The number of hydrogen-bond acceptors (Lipinski definition) is 2. The van der Waals surface area contributed by atoms with Gasteiger partial charge in [0.15, 0.2) is 0 Å². The van der Waals surface area contributed by atoms with E-state index in [1.807, 2.05) is 19.1 Å². The highest BCUT2D eigenvalue weighted by Crippen LogP contribution is 2.22. The number of hydrogen-bond donors (Lipinski definition) is 1. The molecule has 4 nitrogen and oxygen atoms in total. The molecule has 1 unspecified atom stereocenters. The van der Waals surface area contributed by atoms with Crippen LogP contribution in [0.1, 0.15) is 25.7 Å². The van der Waals surface area contributed by atoms with Crippen LogP contribution in [0.4, 0.5) is 0 Å². The molecule has 0 aliphatic carbocycles. The van der Waals surface area contributed by atoms with Gasteiger partial charge in [0.1, 0.15) is 5.82 Å². The second kappa shape index (κ2) is 5.33. The first kappa shape index (κ1) is 13.4. The number of benzene rings is 1. The van der Waals surface area contributed by atoms with Crippen molar-refractivity contribution < 1.29 is 4.79 Å². The number of aromatic amines is 1. The first-order valence-electron chi connectivity index (χ1n) is 5.87. The summed E-state index contributed by atoms with van der Waals surface area (Å²) in [5.74, 6) is 5.60. The summed E-state index contributed by atoms with van der Waals surface area (Å²) in [7, 11) is 1.71. The van der Waals surface area contributed by atoms with Crippen LogP contribution in [0.5, 0.6) is 0 Å². The van der Waals surface area contributed by atoms with Crippen LogP contribution in [0.2, 0.25) is 5.02 Å². The highest BCUT2D eigenvalue weighted by atomic mass is 35.5. The Labute approximate surface area is 116 Å². The number of H-pyrrole nitrogens is 1. The average molecular weight is 276 g/mol. The van der Waals surface area contributed by atoms with Gasteiger partial charge in [0, 0.05) is 12.1 Å². The Bertz CT molecular complexity index is 681. The van der Waals surface area contributed by atoms with Crippen LogP contribution in [-0.2, 0) is 4.79 Å². The number of aromatic nitrogens is 2. The van der Waals surface area contributed by atoms with Gasteiger partial charge in [0.2, 0.25) is 0 Å². The van der Waals surface area contributed by atoms with Crippen LogP contribution in [0.15, 0.2) is 18.2 Å². The Morgan fingerprint density at radius 3 is 2.95 bits per heavy atom. The van der Waals surface area contributed by atoms with E-state index < -0.39 is 0 Å². The molecule has 2 rings (SSSR count). The molecule has 19 heavy (non-hydrogen) atoms. The van der Waals surface area contributed by atoms with E-state index in [0.717, 1.165) is 11.0 Å². The molecule has 0 bridgehead atoms. The number of nitrogens with zero attached hydrogens (tertiary/aromatic N) is 2. The van der Waals surface area contributed by atoms with Crippen LogP contribution in [0.3, 0.4) is 0 Å². The van der Waals surface area contributed by atoms with Gasteiger partial charge < -0.3 is 9.88 Å². The second-order valence-electron chi connectivity index (χ2n) is 4.25. The molecular weight excluding hydrogens is 262 g/mol. The maximum atomic E-state index is 11.7. The molecule has 2 aromatic rings. The fraction of sp³-hybridized carbons (Fsp3) is 0.286. The maximum Gasteiger partial charge on any atom is 0.298 e. The molecule has 0 radical (unpaired) electrons. The summed E-state index contributed by atoms with van der Waals surface area (Å²) in [4.78, 5) is 20.9. The lowest BCUT2D eigenvalue weighted by molar-refractivity contribution is -0.125. The van der Waals surface area contributed by atoms with Gasteiger partial charge in [-0.1, -0.05) is 17.5 Å². The summed E-state index contributed by atoms with van der Waals surface area (Å²) in [6.45, 7) is 3.54. The molecular formula is C14H14ClN3O. The van der Waals surface area contributed by atoms with Crippen LogP contribution >= 0.6 is 11.6 Å². The van der Waals surface area contributed by atoms with Gasteiger partial charge >= 0.3 is 0 Å². The Kier molecular flexibility index (Phi) is 3.77. The van der Waals surface area contributed by atoms with Crippen LogP contribution < -0.4 is 0 Å². The van der Waals surface area contributed by atoms with Gasteiger partial charge in [-0.2, -0.15) is 0 Å². The molecule has 0 aliphatic heterocycles. The van der Waals surface area contributed by atoms with Crippen molar-refractivity contribution in [1.82, 2.24) is 14.9 Å². The number of rotatable bonds is 2. The predicted octanol–water partition coefficient (Wildman–Crippen LogP) is 2.76. The van der Waals surface area contributed by atoms with E-state index in [9.17, 15) is 4.79 Å². The highest BCUT2D eigenvalue weighted by Gasteiger charge is 2.19. The van der Waals surface area contributed by atoms with Crippen molar-refractivity contribution in [3.63, 3.8) is 0 Å². The summed E-state index contributed by atoms with van der Waals surface area (Å²) in [6.07, 6.45) is 0. The Balaban J connectivity index is 2.32. The monoisotopic (exact) mass is 275 g/mol. The van der Waals surface area contributed by atoms with E-state index in [1.54, 1.807) is 24.9 Å². The quantitative estimate of drug-likeness (QED) is 0.857. The van der Waals surface area contributed by atoms with E-state index in [2.05, 4.69) is 21.8 Å². The van der Waals surface area contributed by atoms with Crippen molar-refractivity contribution >= 4 is 28.5 Å². The molecule has 1 aromatic heterocycles. The van der Waals surface area contributed by atoms with E-state index in [0.29, 0.717) is 10.8 Å². The van der Waals surface area contributed by atoms with Gasteiger partial charge in [0.05, 0.1) is 17.1 Å². The number of carbonyl (C=O) groups is 1. The Hall–Kier alpha value is -1.99. The Morgan fingerprint density at radius 1 is 1.53 bits per heavy atom. The van der Waals surface area contributed by atoms with Crippen molar-refractivity contribution in [3.05, 3.63) is 29.0 Å². The predicted molar refractivity (Wildman–Crippen MR) is 75.7 cm³/mol. The third-order valence-corrected chi connectivity index (χ3v) is 3.23. The summed E-state index contributed by atoms with van der Waals surface area (Å²) in [5, 5.41) is 0.650. The van der Waals surface area contributed by atoms with Crippen molar-refractivity contribution in [2.45, 2.75) is 19.9 Å². The van der Waals surface area contributed by atoms with Crippen molar-refractivity contribution in [1.29, 1.82) is 0 Å². The van der Waals surface area contributed by atoms with Crippen LogP contribution in [0.25, 0.3) is 11.0 Å². The lowest BCUT2D eigenvalue weighted by Gasteiger charge is -2.20. The highest BCUT2D eigenvalue weighted by molar-refractivity contribution is 6.31. The number of amides is 1. The fourth-order valence-electron chi connectivity index (χ4n) is 1.75. The molecule has 1 N–H and O–H groups in total. The summed E-state index contributed by atoms with van der Waals surface area (Å²) in [5.41, 5.74) is 1.69. The molecule has 0 aliphatic rings. The molecule has 0 saturated heterocycles. The lowest BCUT2D eigenvalue weighted by Crippen LogP contribution is -2.29. The number of carbonyl (C=O) groups excluding carboxylic acids is 1. The van der Waals surface area contributed by atoms with Gasteiger partial charge in [-0.05, 0) is 38.0 Å². The first-order valence-corrected chi connectivity index (χ1v) is 6.25. The lowest BCUT2D eigenvalue weighted by atomic mass is 10.3. The molecule has 0 spiro atoms. The molecule has 0 saturated carbocycles. The largest absolute Gasteiger partial charge is 0.340 e. The van der Waals surface area contributed by atoms with Crippen molar-refractivity contribution in [2.24, 2.45) is 0 Å². The zero-order valence-electron chi connectivity index (χ0n) is 11.0. The summed E-state index contributed by atoms with van der Waals surface area (Å²) < 4.78 is 0. The zero-order valence-corrected chi connectivity index (χ0v) is 11.7. The average Bonchev–Trinajstić information content (AvgIpc) is 2.80. The standard InChI is InChI=1S/C14H14ClN3O/c1-4-5-13(19)18(3)9(2)14-16-11-7-6-10(15)8-12(11)17-14/h6-9H,1-3H3,(H,16,17). The Morgan fingerprint density at radius 2 is 2.26 bits per heavy atom. The molecule has 1 amide bonds. The minimum atomic E-state index is -0.228. The van der Waals surface area contributed by atoms with E-state index in [1.165, 1.54) is 0 Å². The van der Waals surface area contributed by atoms with Crippen molar-refractivity contribution in [2.75, 3.05) is 7.05 Å². The smallest absolute Gasteiger partial charge is 0.298 e. The minimum Gasteiger partial charge on any atom is -0.340 e. The summed E-state index contributed by atoms with van der Waals surface area (Å²) >= 11 is 5.93. The summed E-state index contributed by atoms with van der Waals surface area (Å²) in [6, 6.07) is 5.27. The first-order chi connectivity index (χ1) is 9.02.